The Balaban J connectivity index is 1.52. The van der Waals surface area contributed by atoms with Gasteiger partial charge in [0.15, 0.2) is 11.5 Å². The predicted octanol–water partition coefficient (Wildman–Crippen LogP) is 3.98. The molecule has 4 aromatic rings. The van der Waals surface area contributed by atoms with Crippen LogP contribution in [0.5, 0.6) is 0 Å². The van der Waals surface area contributed by atoms with Crippen LogP contribution in [0.25, 0.3) is 23.0 Å². The molecule has 0 fully saturated rings. The molecule has 0 atom stereocenters. The van der Waals surface area contributed by atoms with E-state index in [0.29, 0.717) is 5.76 Å². The molecule has 0 aliphatic heterocycles. The van der Waals surface area contributed by atoms with E-state index in [2.05, 4.69) is 15.5 Å². The Morgan fingerprint density at radius 2 is 1.84 bits per heavy atom. The lowest BCUT2D eigenvalue weighted by molar-refractivity contribution is 0.0994. The van der Waals surface area contributed by atoms with E-state index < -0.39 is 11.7 Å². The average Bonchev–Trinajstić information content (AvgIpc) is 3.36. The first-order valence-corrected chi connectivity index (χ1v) is 7.24. The number of carbonyl (C=O) groups excluding carboxylic acids is 1. The highest BCUT2D eigenvalue weighted by atomic mass is 19.1. The molecule has 3 heterocycles. The van der Waals surface area contributed by atoms with Crippen LogP contribution in [0.15, 0.2) is 68.0 Å². The van der Waals surface area contributed by atoms with Gasteiger partial charge in [-0.2, -0.15) is 0 Å². The Labute approximate surface area is 140 Å². The largest absolute Gasteiger partial charge is 0.459 e. The molecule has 0 spiro atoms. The summed E-state index contributed by atoms with van der Waals surface area (Å²) >= 11 is 0. The molecule has 1 amide bonds. The summed E-state index contributed by atoms with van der Waals surface area (Å²) in [4.78, 5) is 12.2. The van der Waals surface area contributed by atoms with Gasteiger partial charge in [0.1, 0.15) is 11.6 Å². The predicted molar refractivity (Wildman–Crippen MR) is 84.1 cm³/mol. The van der Waals surface area contributed by atoms with Crippen LogP contribution in [0, 0.1) is 5.82 Å². The van der Waals surface area contributed by atoms with E-state index in [4.69, 9.17) is 13.3 Å². The minimum atomic E-state index is -0.600. The summed E-state index contributed by atoms with van der Waals surface area (Å²) in [5, 5.41) is 9.88. The van der Waals surface area contributed by atoms with Crippen LogP contribution >= 0.6 is 0 Å². The first-order valence-electron chi connectivity index (χ1n) is 7.24. The van der Waals surface area contributed by atoms with E-state index in [0.717, 1.165) is 0 Å². The maximum atomic E-state index is 13.8. The molecule has 4 rings (SSSR count). The summed E-state index contributed by atoms with van der Waals surface area (Å²) < 4.78 is 29.6. The van der Waals surface area contributed by atoms with E-state index in [-0.39, 0.29) is 29.0 Å². The SMILES string of the molecule is O=C(Nc1nnc(-c2ccco2)o1)c1ccc(-c2ccccc2F)o1. The molecule has 3 aromatic heterocycles. The molecule has 7 nitrogen and oxygen atoms in total. The molecule has 124 valence electrons. The van der Waals surface area contributed by atoms with E-state index >= 15 is 0 Å². The van der Waals surface area contributed by atoms with Gasteiger partial charge in [-0.1, -0.05) is 17.2 Å². The summed E-state index contributed by atoms with van der Waals surface area (Å²) in [6.45, 7) is 0. The van der Waals surface area contributed by atoms with Crippen molar-refractivity contribution in [1.29, 1.82) is 0 Å². The van der Waals surface area contributed by atoms with Crippen LogP contribution in [0.4, 0.5) is 10.4 Å². The minimum Gasteiger partial charge on any atom is -0.459 e. The first kappa shape index (κ1) is 14.9. The van der Waals surface area contributed by atoms with Gasteiger partial charge in [0, 0.05) is 0 Å². The lowest BCUT2D eigenvalue weighted by atomic mass is 10.1. The second-order valence-corrected chi connectivity index (χ2v) is 4.99. The zero-order chi connectivity index (χ0) is 17.2. The molecule has 0 aliphatic carbocycles. The molecule has 8 heteroatoms. The minimum absolute atomic E-state index is 0.0176. The molecule has 0 bridgehead atoms. The molecule has 25 heavy (non-hydrogen) atoms. The van der Waals surface area contributed by atoms with Gasteiger partial charge < -0.3 is 13.3 Å². The zero-order valence-corrected chi connectivity index (χ0v) is 12.6. The molecule has 0 aliphatic rings. The number of furan rings is 2. The number of rotatable bonds is 4. The number of nitrogens with zero attached hydrogens (tertiary/aromatic N) is 2. The fraction of sp³-hybridized carbons (Fsp3) is 0. The molecule has 0 saturated heterocycles. The van der Waals surface area contributed by atoms with Crippen molar-refractivity contribution in [3.63, 3.8) is 0 Å². The summed E-state index contributed by atoms with van der Waals surface area (Å²) in [6, 6.07) is 12.3. The van der Waals surface area contributed by atoms with Gasteiger partial charge in [-0.25, -0.2) is 4.39 Å². The highest BCUT2D eigenvalue weighted by Gasteiger charge is 2.18. The maximum absolute atomic E-state index is 13.8. The second kappa shape index (κ2) is 6.08. The molecule has 0 saturated carbocycles. The second-order valence-electron chi connectivity index (χ2n) is 4.99. The number of hydrogen-bond donors (Lipinski definition) is 1. The van der Waals surface area contributed by atoms with E-state index in [1.54, 1.807) is 30.3 Å². The normalized spacial score (nSPS) is 10.8. The van der Waals surface area contributed by atoms with Crippen LogP contribution in [0.3, 0.4) is 0 Å². The van der Waals surface area contributed by atoms with Gasteiger partial charge >= 0.3 is 6.01 Å². The molecule has 0 radical (unpaired) electrons. The van der Waals surface area contributed by atoms with Crippen molar-refractivity contribution in [3.8, 4) is 23.0 Å². The standard InChI is InChI=1S/C17H10FN3O4/c18-11-5-2-1-4-10(11)12-7-8-13(24-12)15(22)19-17-21-20-16(25-17)14-6-3-9-23-14/h1-9H,(H,19,21,22). The van der Waals surface area contributed by atoms with Gasteiger partial charge in [0.25, 0.3) is 11.8 Å². The summed E-state index contributed by atoms with van der Waals surface area (Å²) in [6.07, 6.45) is 1.46. The topological polar surface area (TPSA) is 94.3 Å². The van der Waals surface area contributed by atoms with Gasteiger partial charge in [-0.05, 0) is 36.4 Å². The van der Waals surface area contributed by atoms with E-state index in [1.807, 2.05) is 0 Å². The van der Waals surface area contributed by atoms with Gasteiger partial charge in [0.2, 0.25) is 0 Å². The maximum Gasteiger partial charge on any atom is 0.323 e. The average molecular weight is 339 g/mol. The monoisotopic (exact) mass is 339 g/mol. The van der Waals surface area contributed by atoms with Crippen molar-refractivity contribution in [2.24, 2.45) is 0 Å². The smallest absolute Gasteiger partial charge is 0.323 e. The highest BCUT2D eigenvalue weighted by Crippen LogP contribution is 2.25. The quantitative estimate of drug-likeness (QED) is 0.604. The third kappa shape index (κ3) is 2.92. The van der Waals surface area contributed by atoms with Crippen molar-refractivity contribution in [1.82, 2.24) is 10.2 Å². The number of aromatic nitrogens is 2. The third-order valence-electron chi connectivity index (χ3n) is 3.35. The number of hydrogen-bond acceptors (Lipinski definition) is 6. The van der Waals surface area contributed by atoms with Crippen molar-refractivity contribution in [2.75, 3.05) is 5.32 Å². The zero-order valence-electron chi connectivity index (χ0n) is 12.6. The van der Waals surface area contributed by atoms with Crippen molar-refractivity contribution >= 4 is 11.9 Å². The third-order valence-corrected chi connectivity index (χ3v) is 3.35. The Bertz CT molecular complexity index is 1020. The summed E-state index contributed by atoms with van der Waals surface area (Å²) in [5.74, 6) is -0.304. The Morgan fingerprint density at radius 3 is 2.64 bits per heavy atom. The fourth-order valence-corrected chi connectivity index (χ4v) is 2.20. The van der Waals surface area contributed by atoms with Crippen LogP contribution in [-0.4, -0.2) is 16.1 Å². The number of nitrogens with one attached hydrogen (secondary N) is 1. The van der Waals surface area contributed by atoms with Crippen molar-refractivity contribution < 1.29 is 22.4 Å². The van der Waals surface area contributed by atoms with Crippen LogP contribution in [-0.2, 0) is 0 Å². The Hall–Kier alpha value is -3.68. The highest BCUT2D eigenvalue weighted by molar-refractivity contribution is 6.01. The summed E-state index contributed by atoms with van der Waals surface area (Å²) in [5.41, 5.74) is 0.263. The van der Waals surface area contributed by atoms with Gasteiger partial charge in [-0.15, -0.1) is 5.10 Å². The molecule has 1 aromatic carbocycles. The number of carbonyl (C=O) groups is 1. The molecular weight excluding hydrogens is 329 g/mol. The molecular formula is C17H10FN3O4. The fourth-order valence-electron chi connectivity index (χ4n) is 2.20. The van der Waals surface area contributed by atoms with E-state index in [9.17, 15) is 9.18 Å². The number of amides is 1. The van der Waals surface area contributed by atoms with Crippen LogP contribution < -0.4 is 5.32 Å². The molecule has 1 N–H and O–H groups in total. The lowest BCUT2D eigenvalue weighted by Crippen LogP contribution is -2.11. The Kier molecular flexibility index (Phi) is 3.62. The molecule has 0 unspecified atom stereocenters. The van der Waals surface area contributed by atoms with Gasteiger partial charge in [0.05, 0.1) is 11.8 Å². The van der Waals surface area contributed by atoms with Gasteiger partial charge in [-0.3, -0.25) is 10.1 Å². The number of anilines is 1. The lowest BCUT2D eigenvalue weighted by Gasteiger charge is -1.99. The number of benzene rings is 1. The first-order chi connectivity index (χ1) is 12.2. The van der Waals surface area contributed by atoms with E-state index in [1.165, 1.54) is 24.5 Å². The van der Waals surface area contributed by atoms with Crippen molar-refractivity contribution in [2.45, 2.75) is 0 Å². The number of halogens is 1. The Morgan fingerprint density at radius 1 is 0.960 bits per heavy atom. The van der Waals surface area contributed by atoms with Crippen molar-refractivity contribution in [3.05, 3.63) is 66.4 Å². The summed E-state index contributed by atoms with van der Waals surface area (Å²) in [7, 11) is 0. The van der Waals surface area contributed by atoms with Crippen LogP contribution in [0.1, 0.15) is 10.6 Å². The van der Waals surface area contributed by atoms with Crippen LogP contribution in [0.2, 0.25) is 0 Å².